The molecule has 0 fully saturated rings. The highest BCUT2D eigenvalue weighted by Gasteiger charge is 2.17. The number of halogens is 1. The molecule has 0 saturated heterocycles. The molecule has 3 nitrogen and oxygen atoms in total. The fourth-order valence-corrected chi connectivity index (χ4v) is 3.61. The van der Waals surface area contributed by atoms with Crippen LogP contribution in [0.1, 0.15) is 17.5 Å². The summed E-state index contributed by atoms with van der Waals surface area (Å²) in [4.78, 5) is 12.4. The Morgan fingerprint density at radius 1 is 1.24 bits per heavy atom. The van der Waals surface area contributed by atoms with Gasteiger partial charge in [-0.25, -0.2) is 0 Å². The minimum atomic E-state index is 0.0540. The van der Waals surface area contributed by atoms with E-state index in [2.05, 4.69) is 11.4 Å². The molecule has 108 valence electrons. The van der Waals surface area contributed by atoms with Crippen LogP contribution in [0.3, 0.4) is 0 Å². The van der Waals surface area contributed by atoms with Gasteiger partial charge in [0, 0.05) is 33.5 Å². The Bertz CT molecular complexity index is 703. The van der Waals surface area contributed by atoms with Crippen molar-refractivity contribution in [3.8, 4) is 0 Å². The Labute approximate surface area is 132 Å². The molecule has 0 unspecified atom stereocenters. The number of carbonyl (C=O) groups is 1. The normalized spacial score (nSPS) is 13.7. The molecule has 2 aromatic rings. The Morgan fingerprint density at radius 2 is 2.05 bits per heavy atom. The number of hydrogen-bond acceptors (Lipinski definition) is 3. The quantitative estimate of drug-likeness (QED) is 0.661. The van der Waals surface area contributed by atoms with Gasteiger partial charge >= 0.3 is 0 Å². The number of nitrogens with one attached hydrogen (secondary N) is 1. The number of hydrogen-bond donors (Lipinski definition) is 2. The number of carbonyl (C=O) groups excluding carboxylic acids is 1. The van der Waals surface area contributed by atoms with Crippen LogP contribution in [-0.4, -0.2) is 5.91 Å². The number of anilines is 2. The zero-order valence-electron chi connectivity index (χ0n) is 11.4. The number of nitrogen functional groups attached to an aromatic ring is 1. The first-order valence-corrected chi connectivity index (χ1v) is 8.08. The Morgan fingerprint density at radius 3 is 2.86 bits per heavy atom. The second-order valence-corrected chi connectivity index (χ2v) is 6.40. The lowest BCUT2D eigenvalue weighted by Crippen LogP contribution is -2.19. The molecule has 0 aromatic heterocycles. The molecule has 1 heterocycles. The Hall–Kier alpha value is -1.65. The number of nitrogens with two attached hydrogens (primary N) is 1. The van der Waals surface area contributed by atoms with E-state index in [9.17, 15) is 4.79 Å². The molecule has 1 aliphatic rings. The summed E-state index contributed by atoms with van der Waals surface area (Å²) in [6.45, 7) is 0. The Balaban J connectivity index is 1.80. The fraction of sp³-hybridized carbons (Fsp3) is 0.188. The molecule has 0 radical (unpaired) electrons. The molecule has 3 rings (SSSR count). The summed E-state index contributed by atoms with van der Waals surface area (Å²) < 4.78 is 0. The average Bonchev–Trinajstić information content (AvgIpc) is 2.46. The molecule has 0 spiro atoms. The minimum Gasteiger partial charge on any atom is -0.398 e. The van der Waals surface area contributed by atoms with Gasteiger partial charge in [-0.05, 0) is 35.7 Å². The van der Waals surface area contributed by atoms with Crippen molar-refractivity contribution >= 4 is 40.6 Å². The maximum Gasteiger partial charge on any atom is 0.224 e. The van der Waals surface area contributed by atoms with Gasteiger partial charge in [-0.15, -0.1) is 11.8 Å². The topological polar surface area (TPSA) is 55.1 Å². The van der Waals surface area contributed by atoms with Crippen LogP contribution < -0.4 is 11.1 Å². The number of amides is 1. The number of thioether (sulfide) groups is 1. The summed E-state index contributed by atoms with van der Waals surface area (Å²) in [5, 5.41) is 3.63. The van der Waals surface area contributed by atoms with Gasteiger partial charge in [-0.3, -0.25) is 4.79 Å². The van der Waals surface area contributed by atoms with Crippen LogP contribution in [0.25, 0.3) is 0 Å². The predicted octanol–water partition coefficient (Wildman–Crippen LogP) is 4.10. The van der Waals surface area contributed by atoms with E-state index in [4.69, 9.17) is 17.3 Å². The van der Waals surface area contributed by atoms with Crippen molar-refractivity contribution in [3.63, 3.8) is 0 Å². The van der Waals surface area contributed by atoms with Crippen molar-refractivity contribution in [2.45, 2.75) is 23.5 Å². The number of rotatable bonds is 3. The highest BCUT2D eigenvalue weighted by Crippen LogP contribution is 2.35. The van der Waals surface area contributed by atoms with E-state index < -0.39 is 0 Å². The fourth-order valence-electron chi connectivity index (χ4n) is 2.32. The van der Waals surface area contributed by atoms with Gasteiger partial charge in [0.25, 0.3) is 0 Å². The number of aryl methyl sites for hydroxylation is 1. The lowest BCUT2D eigenvalue weighted by atomic mass is 10.0. The van der Waals surface area contributed by atoms with Gasteiger partial charge in [0.1, 0.15) is 0 Å². The first-order valence-electron chi connectivity index (χ1n) is 6.72. The molecular weight excluding hydrogens is 304 g/mol. The van der Waals surface area contributed by atoms with E-state index in [1.807, 2.05) is 30.3 Å². The predicted molar refractivity (Wildman–Crippen MR) is 88.8 cm³/mol. The largest absolute Gasteiger partial charge is 0.398 e. The van der Waals surface area contributed by atoms with Gasteiger partial charge in [-0.2, -0.15) is 0 Å². The van der Waals surface area contributed by atoms with E-state index in [1.54, 1.807) is 11.8 Å². The molecule has 0 atom stereocenters. The van der Waals surface area contributed by atoms with Crippen molar-refractivity contribution in [1.82, 2.24) is 0 Å². The SMILES string of the molecule is Nc1cc2c(cc1SCc1ccccc1Cl)CCC(=O)N2. The van der Waals surface area contributed by atoms with Gasteiger partial charge in [0.2, 0.25) is 5.91 Å². The van der Waals surface area contributed by atoms with Crippen LogP contribution in [0, 0.1) is 0 Å². The van der Waals surface area contributed by atoms with E-state index in [1.165, 1.54) is 0 Å². The van der Waals surface area contributed by atoms with E-state index in [0.29, 0.717) is 12.1 Å². The summed E-state index contributed by atoms with van der Waals surface area (Å²) in [5.41, 5.74) is 9.85. The highest BCUT2D eigenvalue weighted by atomic mass is 35.5. The van der Waals surface area contributed by atoms with Gasteiger partial charge in [0.05, 0.1) is 0 Å². The van der Waals surface area contributed by atoms with Gasteiger partial charge < -0.3 is 11.1 Å². The summed E-state index contributed by atoms with van der Waals surface area (Å²) >= 11 is 7.84. The first-order chi connectivity index (χ1) is 10.1. The van der Waals surface area contributed by atoms with Crippen molar-refractivity contribution < 1.29 is 4.79 Å². The zero-order chi connectivity index (χ0) is 14.8. The molecule has 1 aliphatic heterocycles. The molecular formula is C16H15ClN2OS. The van der Waals surface area contributed by atoms with Crippen LogP contribution in [0.4, 0.5) is 11.4 Å². The molecule has 5 heteroatoms. The highest BCUT2D eigenvalue weighted by molar-refractivity contribution is 7.98. The minimum absolute atomic E-state index is 0.0540. The Kier molecular flexibility index (Phi) is 4.08. The summed E-state index contributed by atoms with van der Waals surface area (Å²) in [6, 6.07) is 11.7. The zero-order valence-corrected chi connectivity index (χ0v) is 12.9. The van der Waals surface area contributed by atoms with Gasteiger partial charge in [0.15, 0.2) is 0 Å². The monoisotopic (exact) mass is 318 g/mol. The summed E-state index contributed by atoms with van der Waals surface area (Å²) in [7, 11) is 0. The van der Waals surface area contributed by atoms with Crippen LogP contribution in [-0.2, 0) is 17.0 Å². The second kappa shape index (κ2) is 6.00. The lowest BCUT2D eigenvalue weighted by Gasteiger charge is -2.19. The molecule has 0 saturated carbocycles. The van der Waals surface area contributed by atoms with E-state index in [0.717, 1.165) is 38.9 Å². The van der Waals surface area contributed by atoms with Crippen molar-refractivity contribution in [3.05, 3.63) is 52.5 Å². The summed E-state index contributed by atoms with van der Waals surface area (Å²) in [5.74, 6) is 0.827. The van der Waals surface area contributed by atoms with Crippen molar-refractivity contribution in [1.29, 1.82) is 0 Å². The number of benzene rings is 2. The number of fused-ring (bicyclic) bond motifs is 1. The third-order valence-electron chi connectivity index (χ3n) is 3.47. The maximum absolute atomic E-state index is 11.4. The summed E-state index contributed by atoms with van der Waals surface area (Å²) in [6.07, 6.45) is 1.30. The van der Waals surface area contributed by atoms with E-state index in [-0.39, 0.29) is 5.91 Å². The maximum atomic E-state index is 11.4. The lowest BCUT2D eigenvalue weighted by molar-refractivity contribution is -0.116. The standard InChI is InChI=1S/C16H15ClN2OS/c17-12-4-2-1-3-11(12)9-21-15-7-10-5-6-16(20)19-14(10)8-13(15)18/h1-4,7-8H,5-6,9,18H2,(H,19,20). The van der Waals surface area contributed by atoms with Crippen molar-refractivity contribution in [2.24, 2.45) is 0 Å². The second-order valence-electron chi connectivity index (χ2n) is 4.98. The molecule has 0 aliphatic carbocycles. The molecule has 2 aromatic carbocycles. The molecule has 21 heavy (non-hydrogen) atoms. The smallest absolute Gasteiger partial charge is 0.224 e. The molecule has 1 amide bonds. The third-order valence-corrected chi connectivity index (χ3v) is 4.96. The molecule has 0 bridgehead atoms. The first kappa shape index (κ1) is 14.3. The molecule has 3 N–H and O–H groups in total. The van der Waals surface area contributed by atoms with Crippen molar-refractivity contribution in [2.75, 3.05) is 11.1 Å². The van der Waals surface area contributed by atoms with Gasteiger partial charge in [-0.1, -0.05) is 29.8 Å². The van der Waals surface area contributed by atoms with Crippen LogP contribution in [0.5, 0.6) is 0 Å². The van der Waals surface area contributed by atoms with E-state index >= 15 is 0 Å². The van der Waals surface area contributed by atoms with Crippen LogP contribution in [0.2, 0.25) is 5.02 Å². The average molecular weight is 319 g/mol. The van der Waals surface area contributed by atoms with Crippen LogP contribution >= 0.6 is 23.4 Å². The van der Waals surface area contributed by atoms with Crippen LogP contribution in [0.15, 0.2) is 41.3 Å². The third kappa shape index (κ3) is 3.17.